The van der Waals surface area contributed by atoms with Crippen LogP contribution >= 0.6 is 24.4 Å². The number of hydrogen-bond acceptors (Lipinski definition) is 4. The number of anilines is 2. The molecule has 5 nitrogen and oxygen atoms in total. The molecule has 2 amide bonds. The van der Waals surface area contributed by atoms with Crippen LogP contribution < -0.4 is 14.5 Å². The quantitative estimate of drug-likeness (QED) is 0.600. The largest absolute Gasteiger partial charge is 0.356 e. The Bertz CT molecular complexity index is 986. The van der Waals surface area contributed by atoms with Gasteiger partial charge >= 0.3 is 6.03 Å². The van der Waals surface area contributed by atoms with Crippen LogP contribution in [-0.2, 0) is 0 Å². The predicted octanol–water partition coefficient (Wildman–Crippen LogP) is 4.92. The molecule has 0 bridgehead atoms. The minimum atomic E-state index is -0.243. The number of rotatable bonds is 3. The monoisotopic (exact) mass is 412 g/mol. The number of carbonyl (C=O) groups is 1. The average Bonchev–Trinajstić information content (AvgIpc) is 2.73. The zero-order valence-corrected chi connectivity index (χ0v) is 16.9. The second kappa shape index (κ2) is 8.29. The van der Waals surface area contributed by atoms with Crippen LogP contribution in [0.25, 0.3) is 10.8 Å². The van der Waals surface area contributed by atoms with E-state index in [1.807, 2.05) is 24.4 Å². The molecule has 0 aliphatic carbocycles. The predicted molar refractivity (Wildman–Crippen MR) is 118 cm³/mol. The Labute approximate surface area is 174 Å². The molecule has 4 rings (SSSR count). The molecule has 7 heteroatoms. The highest BCUT2D eigenvalue weighted by Crippen LogP contribution is 2.27. The second-order valence-corrected chi connectivity index (χ2v) is 7.69. The lowest BCUT2D eigenvalue weighted by Crippen LogP contribution is -2.47. The molecule has 1 aliphatic heterocycles. The number of urea groups is 1. The van der Waals surface area contributed by atoms with Crippen LogP contribution in [0, 0.1) is 0 Å². The summed E-state index contributed by atoms with van der Waals surface area (Å²) >= 11 is 10.3. The maximum absolute atomic E-state index is 12.5. The smallest absolute Gasteiger partial charge is 0.332 e. The van der Waals surface area contributed by atoms with Crippen molar-refractivity contribution in [3.8, 4) is 0 Å². The zero-order chi connectivity index (χ0) is 19.5. The molecule has 1 fully saturated rings. The summed E-state index contributed by atoms with van der Waals surface area (Å²) in [7, 11) is 0. The highest BCUT2D eigenvalue weighted by Gasteiger charge is 2.24. The maximum Gasteiger partial charge on any atom is 0.332 e. The number of carbonyl (C=O) groups excluding carboxylic acids is 1. The number of nitrogens with zero attached hydrogens (tertiary/aromatic N) is 3. The minimum Gasteiger partial charge on any atom is -0.356 e. The molecule has 28 heavy (non-hydrogen) atoms. The molecule has 1 aromatic heterocycles. The fourth-order valence-electron chi connectivity index (χ4n) is 3.55. The Morgan fingerprint density at radius 2 is 1.93 bits per heavy atom. The summed E-state index contributed by atoms with van der Waals surface area (Å²) in [5.41, 5.74) is 0.644. The van der Waals surface area contributed by atoms with Gasteiger partial charge in [-0.1, -0.05) is 54.7 Å². The van der Waals surface area contributed by atoms with E-state index in [1.54, 1.807) is 24.3 Å². The molecule has 1 N–H and O–H groups in total. The Balaban J connectivity index is 1.38. The number of halogens is 1. The summed E-state index contributed by atoms with van der Waals surface area (Å²) in [5.74, 6) is 1.01. The van der Waals surface area contributed by atoms with Crippen LogP contribution in [0.3, 0.4) is 0 Å². The third kappa shape index (κ3) is 4.03. The van der Waals surface area contributed by atoms with E-state index in [9.17, 15) is 4.79 Å². The molecule has 0 spiro atoms. The lowest BCUT2D eigenvalue weighted by atomic mass is 10.0. The van der Waals surface area contributed by atoms with Crippen LogP contribution in [0.5, 0.6) is 0 Å². The van der Waals surface area contributed by atoms with Gasteiger partial charge in [0.25, 0.3) is 0 Å². The summed E-state index contributed by atoms with van der Waals surface area (Å²) < 4.78 is 1.30. The zero-order valence-electron chi connectivity index (χ0n) is 15.3. The fraction of sp³-hybridized carbons (Fsp3) is 0.238. The molecule has 0 unspecified atom stereocenters. The van der Waals surface area contributed by atoms with Gasteiger partial charge in [-0.2, -0.15) is 0 Å². The van der Waals surface area contributed by atoms with Gasteiger partial charge in [0.2, 0.25) is 0 Å². The van der Waals surface area contributed by atoms with E-state index in [0.717, 1.165) is 37.1 Å². The van der Waals surface area contributed by atoms with Gasteiger partial charge in [0, 0.05) is 35.7 Å². The first-order chi connectivity index (χ1) is 13.6. The number of nitrogens with one attached hydrogen (secondary N) is 1. The molecule has 3 aromatic rings. The van der Waals surface area contributed by atoms with Gasteiger partial charge in [-0.3, -0.25) is 0 Å². The summed E-state index contributed by atoms with van der Waals surface area (Å²) in [4.78, 5) is 19.4. The van der Waals surface area contributed by atoms with Crippen molar-refractivity contribution in [2.45, 2.75) is 18.9 Å². The number of benzene rings is 2. The van der Waals surface area contributed by atoms with Crippen molar-refractivity contribution in [3.05, 3.63) is 65.8 Å². The Kier molecular flexibility index (Phi) is 5.59. The molecular weight excluding hydrogens is 392 g/mol. The van der Waals surface area contributed by atoms with Crippen molar-refractivity contribution in [2.75, 3.05) is 22.3 Å². The number of fused-ring (bicyclic) bond motifs is 1. The van der Waals surface area contributed by atoms with Gasteiger partial charge in [0.15, 0.2) is 0 Å². The average molecular weight is 413 g/mol. The van der Waals surface area contributed by atoms with E-state index in [1.165, 1.54) is 9.69 Å². The molecule has 144 valence electrons. The first-order valence-corrected chi connectivity index (χ1v) is 10.0. The van der Waals surface area contributed by atoms with Gasteiger partial charge < -0.3 is 10.2 Å². The third-order valence-corrected chi connectivity index (χ3v) is 5.67. The minimum absolute atomic E-state index is 0.104. The van der Waals surface area contributed by atoms with Gasteiger partial charge in [-0.15, -0.1) is 0 Å². The van der Waals surface area contributed by atoms with Crippen LogP contribution in [0.15, 0.2) is 60.8 Å². The first kappa shape index (κ1) is 18.9. The van der Waals surface area contributed by atoms with Gasteiger partial charge in [0.1, 0.15) is 5.82 Å². The van der Waals surface area contributed by atoms with E-state index in [4.69, 9.17) is 11.6 Å². The third-order valence-electron chi connectivity index (χ3n) is 5.02. The molecule has 2 aromatic carbocycles. The molecule has 0 radical (unpaired) electrons. The normalized spacial score (nSPS) is 14.9. The van der Waals surface area contributed by atoms with Crippen LogP contribution in [0.4, 0.5) is 16.3 Å². The Morgan fingerprint density at radius 3 is 2.71 bits per heavy atom. The number of hydrogen-bond donors (Lipinski definition) is 2. The van der Waals surface area contributed by atoms with E-state index in [2.05, 4.69) is 40.1 Å². The van der Waals surface area contributed by atoms with Crippen molar-refractivity contribution in [1.29, 1.82) is 0 Å². The van der Waals surface area contributed by atoms with Crippen LogP contribution in [0.2, 0.25) is 5.02 Å². The van der Waals surface area contributed by atoms with Crippen molar-refractivity contribution in [2.24, 2.45) is 0 Å². The topological polar surface area (TPSA) is 48.5 Å². The van der Waals surface area contributed by atoms with Crippen LogP contribution in [0.1, 0.15) is 12.8 Å². The Morgan fingerprint density at radius 1 is 1.14 bits per heavy atom. The standard InChI is InChI=1S/C21H21ClN4OS/c22-16-5-3-6-18(14-16)26(28)21(27)24-17-9-12-25(13-10-17)20-19-7-2-1-4-15(19)8-11-23-20/h1-8,11,14,17,28H,9-10,12-13H2,(H,24,27). The highest BCUT2D eigenvalue weighted by molar-refractivity contribution is 7.82. The van der Waals surface area contributed by atoms with Crippen molar-refractivity contribution in [3.63, 3.8) is 0 Å². The Hall–Kier alpha value is -2.44. The molecule has 0 saturated carbocycles. The van der Waals surface area contributed by atoms with E-state index >= 15 is 0 Å². The molecule has 0 atom stereocenters. The number of piperidine rings is 1. The van der Waals surface area contributed by atoms with Gasteiger partial charge in [0.05, 0.1) is 5.69 Å². The summed E-state index contributed by atoms with van der Waals surface area (Å²) in [6.07, 6.45) is 3.57. The van der Waals surface area contributed by atoms with E-state index < -0.39 is 0 Å². The number of aromatic nitrogens is 1. The van der Waals surface area contributed by atoms with Gasteiger partial charge in [-0.05, 0) is 42.5 Å². The number of amides is 2. The van der Waals surface area contributed by atoms with Crippen molar-refractivity contribution >= 4 is 52.7 Å². The van der Waals surface area contributed by atoms with E-state index in [0.29, 0.717) is 10.7 Å². The van der Waals surface area contributed by atoms with Crippen molar-refractivity contribution in [1.82, 2.24) is 10.3 Å². The lowest BCUT2D eigenvalue weighted by Gasteiger charge is -2.34. The summed E-state index contributed by atoms with van der Waals surface area (Å²) in [6, 6.07) is 17.2. The van der Waals surface area contributed by atoms with Gasteiger partial charge in [-0.25, -0.2) is 14.1 Å². The summed E-state index contributed by atoms with van der Waals surface area (Å²) in [6.45, 7) is 1.69. The fourth-order valence-corrected chi connectivity index (χ4v) is 3.92. The van der Waals surface area contributed by atoms with E-state index in [-0.39, 0.29) is 12.1 Å². The number of thiol groups is 1. The summed E-state index contributed by atoms with van der Waals surface area (Å²) in [5, 5.41) is 5.99. The number of pyridine rings is 1. The SMILES string of the molecule is O=C(NC1CCN(c2nccc3ccccc23)CC1)N(S)c1cccc(Cl)c1. The maximum atomic E-state index is 12.5. The first-order valence-electron chi connectivity index (χ1n) is 9.25. The second-order valence-electron chi connectivity index (χ2n) is 6.86. The lowest BCUT2D eigenvalue weighted by molar-refractivity contribution is 0.243. The van der Waals surface area contributed by atoms with Crippen molar-refractivity contribution < 1.29 is 4.79 Å². The van der Waals surface area contributed by atoms with Crippen LogP contribution in [-0.4, -0.2) is 30.1 Å². The molecule has 1 saturated heterocycles. The molecule has 1 aliphatic rings. The highest BCUT2D eigenvalue weighted by atomic mass is 35.5. The molecular formula is C21H21ClN4OS. The molecule has 2 heterocycles.